The molecule has 0 aliphatic carbocycles. The fourth-order valence-electron chi connectivity index (χ4n) is 1.95. The fraction of sp³-hybridized carbons (Fsp3) is 0.733. The monoisotopic (exact) mass is 385 g/mol. The Morgan fingerprint density at radius 1 is 1.24 bits per heavy atom. The largest absolute Gasteiger partial charge is 0.389 e. The Morgan fingerprint density at radius 2 is 1.80 bits per heavy atom. The number of carbonyl (C=O) groups is 1. The minimum Gasteiger partial charge on any atom is -0.384 e. The quantitative estimate of drug-likeness (QED) is 0.739. The summed E-state index contributed by atoms with van der Waals surface area (Å²) >= 11 is 0. The molecule has 25 heavy (non-hydrogen) atoms. The van der Waals surface area contributed by atoms with Crippen molar-refractivity contribution in [2.75, 3.05) is 5.75 Å². The normalized spacial score (nSPS) is 13.9. The number of sulfone groups is 1. The summed E-state index contributed by atoms with van der Waals surface area (Å²) < 4.78 is 64.1. The van der Waals surface area contributed by atoms with E-state index in [9.17, 15) is 31.5 Å². The molecule has 0 saturated carbocycles. The number of halogens is 3. The third-order valence-electron chi connectivity index (χ3n) is 3.84. The van der Waals surface area contributed by atoms with Gasteiger partial charge in [0.2, 0.25) is 0 Å². The van der Waals surface area contributed by atoms with Gasteiger partial charge >= 0.3 is 6.18 Å². The van der Waals surface area contributed by atoms with Gasteiger partial charge in [-0.15, -0.1) is 0 Å². The molecule has 0 fully saturated rings. The van der Waals surface area contributed by atoms with Crippen molar-refractivity contribution in [1.29, 1.82) is 0 Å². The molecule has 6 nitrogen and oxygen atoms in total. The second-order valence-electron chi connectivity index (χ2n) is 6.89. The Balaban J connectivity index is 2.82. The SMILES string of the molecule is CC(C)(O)c1cc(CC(=O)C(C)(C)S(=O)(=O)CCCC(F)(F)F)on1. The molecule has 0 amide bonds. The molecule has 0 radical (unpaired) electrons. The summed E-state index contributed by atoms with van der Waals surface area (Å²) in [7, 11) is -4.08. The molecule has 0 atom stereocenters. The van der Waals surface area contributed by atoms with Gasteiger partial charge in [0.15, 0.2) is 15.6 Å². The molecule has 10 heteroatoms. The highest BCUT2D eigenvalue weighted by Crippen LogP contribution is 2.26. The average molecular weight is 385 g/mol. The van der Waals surface area contributed by atoms with Crippen molar-refractivity contribution in [3.63, 3.8) is 0 Å². The van der Waals surface area contributed by atoms with Gasteiger partial charge in [0.25, 0.3) is 0 Å². The lowest BCUT2D eigenvalue weighted by Crippen LogP contribution is -2.43. The van der Waals surface area contributed by atoms with Crippen LogP contribution < -0.4 is 0 Å². The summed E-state index contributed by atoms with van der Waals surface area (Å²) in [6.07, 6.45) is -6.67. The van der Waals surface area contributed by atoms with Crippen LogP contribution in [0.2, 0.25) is 0 Å². The molecule has 0 spiro atoms. The van der Waals surface area contributed by atoms with E-state index in [1.165, 1.54) is 19.9 Å². The lowest BCUT2D eigenvalue weighted by Gasteiger charge is -2.23. The van der Waals surface area contributed by atoms with Gasteiger partial charge in [0.1, 0.15) is 21.8 Å². The third kappa shape index (κ3) is 5.81. The van der Waals surface area contributed by atoms with Crippen LogP contribution in [0.15, 0.2) is 10.6 Å². The van der Waals surface area contributed by atoms with Crippen LogP contribution in [0.3, 0.4) is 0 Å². The number of aliphatic hydroxyl groups is 1. The molecule has 1 N–H and O–H groups in total. The topological polar surface area (TPSA) is 97.5 Å². The van der Waals surface area contributed by atoms with Crippen molar-refractivity contribution in [3.8, 4) is 0 Å². The van der Waals surface area contributed by atoms with Crippen LogP contribution in [0.5, 0.6) is 0 Å². The molecule has 0 bridgehead atoms. The molecule has 1 aromatic rings. The molecule has 0 unspecified atom stereocenters. The Morgan fingerprint density at radius 3 is 2.24 bits per heavy atom. The minimum atomic E-state index is -4.45. The molecule has 0 aromatic carbocycles. The Hall–Kier alpha value is -1.42. The zero-order valence-corrected chi connectivity index (χ0v) is 15.3. The van der Waals surface area contributed by atoms with E-state index in [1.54, 1.807) is 0 Å². The Kier molecular flexibility index (Phi) is 6.11. The number of rotatable bonds is 8. The number of ketones is 1. The second-order valence-corrected chi connectivity index (χ2v) is 9.54. The smallest absolute Gasteiger partial charge is 0.384 e. The number of Topliss-reactive ketones (excluding diaryl/α,β-unsaturated/α-hetero) is 1. The molecule has 144 valence electrons. The molecule has 0 aliphatic rings. The maximum Gasteiger partial charge on any atom is 0.389 e. The van der Waals surface area contributed by atoms with E-state index in [1.807, 2.05) is 0 Å². The highest BCUT2D eigenvalue weighted by molar-refractivity contribution is 7.93. The van der Waals surface area contributed by atoms with Gasteiger partial charge in [-0.3, -0.25) is 4.79 Å². The van der Waals surface area contributed by atoms with Gasteiger partial charge in [-0.1, -0.05) is 5.16 Å². The van der Waals surface area contributed by atoms with Crippen LogP contribution in [0.1, 0.15) is 52.0 Å². The number of nitrogens with zero attached hydrogens (tertiary/aromatic N) is 1. The second kappa shape index (κ2) is 7.06. The number of carbonyl (C=O) groups excluding carboxylic acids is 1. The van der Waals surface area contributed by atoms with Gasteiger partial charge in [-0.05, 0) is 34.1 Å². The van der Waals surface area contributed by atoms with Gasteiger partial charge in [0, 0.05) is 12.5 Å². The summed E-state index contributed by atoms with van der Waals surface area (Å²) in [5.74, 6) is -1.39. The maximum absolute atomic E-state index is 12.3. The molecule has 1 aromatic heterocycles. The Labute approximate surface area is 144 Å². The number of hydrogen-bond acceptors (Lipinski definition) is 6. The molecule has 1 rings (SSSR count). The highest BCUT2D eigenvalue weighted by atomic mass is 32.2. The van der Waals surface area contributed by atoms with E-state index in [2.05, 4.69) is 5.16 Å². The third-order valence-corrected chi connectivity index (χ3v) is 6.45. The van der Waals surface area contributed by atoms with Crippen molar-refractivity contribution < 1.29 is 36.0 Å². The van der Waals surface area contributed by atoms with E-state index < -0.39 is 57.2 Å². The number of alkyl halides is 3. The standard InChI is InChI=1S/C15H22F3NO5S/c1-13(2,21)11-8-10(24-19-11)9-12(20)14(3,4)25(22,23)7-5-6-15(16,17)18/h8,21H,5-7,9H2,1-4H3. The van der Waals surface area contributed by atoms with E-state index in [0.29, 0.717) is 0 Å². The van der Waals surface area contributed by atoms with E-state index >= 15 is 0 Å². The van der Waals surface area contributed by atoms with Gasteiger partial charge in [-0.2, -0.15) is 13.2 Å². The van der Waals surface area contributed by atoms with Crippen molar-refractivity contribution >= 4 is 15.6 Å². The predicted octanol–water partition coefficient (Wildman–Crippen LogP) is 2.55. The summed E-state index contributed by atoms with van der Waals surface area (Å²) in [6.45, 7) is 5.24. The van der Waals surface area contributed by atoms with Crippen molar-refractivity contribution in [2.24, 2.45) is 0 Å². The first-order valence-corrected chi connectivity index (χ1v) is 9.22. The summed E-state index contributed by atoms with van der Waals surface area (Å²) in [4.78, 5) is 12.3. The molecule has 0 saturated heterocycles. The first kappa shape index (κ1) is 21.6. The van der Waals surface area contributed by atoms with Gasteiger partial charge in [-0.25, -0.2) is 8.42 Å². The summed E-state index contributed by atoms with van der Waals surface area (Å²) in [5.41, 5.74) is -1.11. The fourth-order valence-corrected chi connectivity index (χ4v) is 3.40. The van der Waals surface area contributed by atoms with Crippen LogP contribution in [0.25, 0.3) is 0 Å². The maximum atomic E-state index is 12.3. The zero-order chi connectivity index (χ0) is 19.7. The van der Waals surface area contributed by atoms with E-state index in [4.69, 9.17) is 4.52 Å². The number of hydrogen-bond donors (Lipinski definition) is 1. The lowest BCUT2D eigenvalue weighted by atomic mass is 10.0. The summed E-state index contributed by atoms with van der Waals surface area (Å²) in [5, 5.41) is 13.4. The van der Waals surface area contributed by atoms with Gasteiger partial charge in [0.05, 0.1) is 12.2 Å². The molecule has 0 aliphatic heterocycles. The van der Waals surface area contributed by atoms with Crippen molar-refractivity contribution in [1.82, 2.24) is 5.16 Å². The van der Waals surface area contributed by atoms with E-state index in [0.717, 1.165) is 13.8 Å². The van der Waals surface area contributed by atoms with Crippen LogP contribution in [0, 0.1) is 0 Å². The highest BCUT2D eigenvalue weighted by Gasteiger charge is 2.42. The van der Waals surface area contributed by atoms with Crippen molar-refractivity contribution in [2.45, 2.75) is 63.5 Å². The molecular formula is C15H22F3NO5S. The summed E-state index contributed by atoms with van der Waals surface area (Å²) in [6, 6.07) is 1.34. The molecule has 1 heterocycles. The predicted molar refractivity (Wildman–Crippen MR) is 83.6 cm³/mol. The van der Waals surface area contributed by atoms with Crippen LogP contribution in [-0.2, 0) is 26.7 Å². The minimum absolute atomic E-state index is 0.0701. The molecular weight excluding hydrogens is 363 g/mol. The van der Waals surface area contributed by atoms with Crippen LogP contribution >= 0.6 is 0 Å². The van der Waals surface area contributed by atoms with Gasteiger partial charge < -0.3 is 9.63 Å². The first-order chi connectivity index (χ1) is 11.1. The average Bonchev–Trinajstić information content (AvgIpc) is 2.84. The lowest BCUT2D eigenvalue weighted by molar-refractivity contribution is -0.134. The first-order valence-electron chi connectivity index (χ1n) is 7.57. The Bertz CT molecular complexity index is 714. The van der Waals surface area contributed by atoms with Crippen LogP contribution in [0.4, 0.5) is 13.2 Å². The zero-order valence-electron chi connectivity index (χ0n) is 14.5. The van der Waals surface area contributed by atoms with E-state index in [-0.39, 0.29) is 11.5 Å². The number of aromatic nitrogens is 1. The van der Waals surface area contributed by atoms with Crippen molar-refractivity contribution in [3.05, 3.63) is 17.5 Å². The van der Waals surface area contributed by atoms with Crippen LogP contribution in [-0.4, -0.2) is 41.1 Å².